The lowest BCUT2D eigenvalue weighted by Crippen LogP contribution is -2.19. The van der Waals surface area contributed by atoms with Crippen LogP contribution in [0, 0.1) is 12.7 Å². The van der Waals surface area contributed by atoms with Crippen molar-refractivity contribution in [2.45, 2.75) is 25.0 Å². The first-order valence-corrected chi connectivity index (χ1v) is 11.0. The zero-order valence-electron chi connectivity index (χ0n) is 17.3. The van der Waals surface area contributed by atoms with E-state index in [0.717, 1.165) is 5.56 Å². The average Bonchev–Trinajstić information content (AvgIpc) is 3.12. The van der Waals surface area contributed by atoms with E-state index < -0.39 is 11.7 Å². The molecule has 3 aromatic rings. The van der Waals surface area contributed by atoms with Crippen molar-refractivity contribution in [3.05, 3.63) is 77.3 Å². The summed E-state index contributed by atoms with van der Waals surface area (Å²) in [7, 11) is 0. The molecule has 32 heavy (non-hydrogen) atoms. The number of rotatable bonds is 9. The highest BCUT2D eigenvalue weighted by molar-refractivity contribution is 7.99. The molecule has 0 aliphatic heterocycles. The van der Waals surface area contributed by atoms with Crippen LogP contribution in [0.2, 0.25) is 5.02 Å². The minimum absolute atomic E-state index is 0.0936. The van der Waals surface area contributed by atoms with E-state index in [1.807, 2.05) is 6.92 Å². The average molecular weight is 474 g/mol. The number of para-hydroxylation sites is 1. The van der Waals surface area contributed by atoms with Crippen molar-refractivity contribution in [1.29, 1.82) is 0 Å². The Morgan fingerprint density at radius 1 is 1.16 bits per heavy atom. The number of aryl methyl sites for hydroxylation is 1. The Hall–Kier alpha value is -3.17. The summed E-state index contributed by atoms with van der Waals surface area (Å²) in [5, 5.41) is 14.6. The van der Waals surface area contributed by atoms with E-state index in [1.54, 1.807) is 41.0 Å². The van der Waals surface area contributed by atoms with Gasteiger partial charge in [-0.25, -0.2) is 4.39 Å². The number of halogens is 2. The zero-order chi connectivity index (χ0) is 23.1. The van der Waals surface area contributed by atoms with Gasteiger partial charge in [0.2, 0.25) is 11.8 Å². The van der Waals surface area contributed by atoms with E-state index in [-0.39, 0.29) is 23.8 Å². The van der Waals surface area contributed by atoms with E-state index >= 15 is 0 Å². The number of hydrogen-bond acceptors (Lipinski definition) is 5. The molecule has 7 nitrogen and oxygen atoms in total. The largest absolute Gasteiger partial charge is 0.325 e. The molecule has 10 heteroatoms. The van der Waals surface area contributed by atoms with Gasteiger partial charge in [-0.3, -0.25) is 9.59 Å². The molecule has 2 amide bonds. The van der Waals surface area contributed by atoms with Crippen molar-refractivity contribution in [1.82, 2.24) is 14.8 Å². The highest BCUT2D eigenvalue weighted by atomic mass is 35.5. The van der Waals surface area contributed by atoms with E-state index in [0.29, 0.717) is 28.2 Å². The van der Waals surface area contributed by atoms with Gasteiger partial charge >= 0.3 is 0 Å². The lowest BCUT2D eigenvalue weighted by atomic mass is 10.2. The van der Waals surface area contributed by atoms with Gasteiger partial charge in [0.05, 0.1) is 17.9 Å². The third-order valence-corrected chi connectivity index (χ3v) is 5.57. The van der Waals surface area contributed by atoms with Crippen LogP contribution < -0.4 is 10.6 Å². The molecule has 0 unspecified atom stereocenters. The number of anilines is 2. The van der Waals surface area contributed by atoms with Crippen LogP contribution in [0.25, 0.3) is 0 Å². The summed E-state index contributed by atoms with van der Waals surface area (Å²) in [5.41, 5.74) is 1.63. The number of hydrogen-bond donors (Lipinski definition) is 2. The zero-order valence-corrected chi connectivity index (χ0v) is 18.8. The number of thioether (sulfide) groups is 1. The van der Waals surface area contributed by atoms with Crippen LogP contribution in [0.15, 0.2) is 60.3 Å². The second kappa shape index (κ2) is 10.9. The summed E-state index contributed by atoms with van der Waals surface area (Å²) in [5.74, 6) is -0.687. The lowest BCUT2D eigenvalue weighted by molar-refractivity contribution is -0.116. The molecule has 0 aliphatic rings. The van der Waals surface area contributed by atoms with Crippen LogP contribution in [0.1, 0.15) is 11.4 Å². The van der Waals surface area contributed by atoms with Crippen molar-refractivity contribution >= 4 is 46.6 Å². The predicted molar refractivity (Wildman–Crippen MR) is 124 cm³/mol. The Morgan fingerprint density at radius 2 is 1.91 bits per heavy atom. The number of aromatic nitrogens is 3. The number of nitrogens with one attached hydrogen (secondary N) is 2. The number of nitrogens with zero attached hydrogens (tertiary/aromatic N) is 3. The third kappa shape index (κ3) is 6.18. The fraction of sp³-hybridized carbons (Fsp3) is 0.182. The number of benzene rings is 2. The van der Waals surface area contributed by atoms with Gasteiger partial charge in [-0.1, -0.05) is 41.6 Å². The predicted octanol–water partition coefficient (Wildman–Crippen LogP) is 4.48. The molecular formula is C22H21ClFN5O2S. The standard InChI is InChI=1S/C22H21ClFN5O2S/c1-3-10-29-19(12-20(30)26-18-7-5-4-6-16(18)24)27-28-22(29)32-13-21(31)25-17-9-8-15(23)11-14(17)2/h3-9,11H,1,10,12-13H2,2H3,(H,25,31)(H,26,30). The second-order valence-electron chi connectivity index (χ2n) is 6.80. The van der Waals surface area contributed by atoms with E-state index in [1.165, 1.54) is 23.9 Å². The summed E-state index contributed by atoms with van der Waals surface area (Å²) < 4.78 is 15.5. The van der Waals surface area contributed by atoms with Gasteiger partial charge in [0.15, 0.2) is 5.16 Å². The Morgan fingerprint density at radius 3 is 2.62 bits per heavy atom. The van der Waals surface area contributed by atoms with Crippen LogP contribution in [0.4, 0.5) is 15.8 Å². The van der Waals surface area contributed by atoms with Crippen molar-refractivity contribution < 1.29 is 14.0 Å². The van der Waals surface area contributed by atoms with E-state index in [2.05, 4.69) is 27.4 Å². The highest BCUT2D eigenvalue weighted by Crippen LogP contribution is 2.22. The van der Waals surface area contributed by atoms with Gasteiger partial charge in [0.25, 0.3) is 0 Å². The Kier molecular flexibility index (Phi) is 8.02. The van der Waals surface area contributed by atoms with Crippen LogP contribution in [0.3, 0.4) is 0 Å². The summed E-state index contributed by atoms with van der Waals surface area (Å²) in [6.45, 7) is 5.93. The van der Waals surface area contributed by atoms with Gasteiger partial charge in [0, 0.05) is 17.3 Å². The molecule has 1 heterocycles. The Labute approximate surface area is 194 Å². The Balaban J connectivity index is 1.63. The van der Waals surface area contributed by atoms with E-state index in [9.17, 15) is 14.0 Å². The SMILES string of the molecule is C=CCn1c(CC(=O)Nc2ccccc2F)nnc1SCC(=O)Nc1ccc(Cl)cc1C. The van der Waals surface area contributed by atoms with Gasteiger partial charge in [-0.15, -0.1) is 16.8 Å². The summed E-state index contributed by atoms with van der Waals surface area (Å²) in [4.78, 5) is 24.7. The van der Waals surface area contributed by atoms with Crippen LogP contribution in [0.5, 0.6) is 0 Å². The van der Waals surface area contributed by atoms with Gasteiger partial charge < -0.3 is 15.2 Å². The normalized spacial score (nSPS) is 10.6. The maximum atomic E-state index is 13.8. The maximum Gasteiger partial charge on any atom is 0.234 e. The van der Waals surface area contributed by atoms with Gasteiger partial charge in [-0.05, 0) is 42.8 Å². The molecule has 0 fully saturated rings. The van der Waals surface area contributed by atoms with E-state index in [4.69, 9.17) is 11.6 Å². The molecule has 2 N–H and O–H groups in total. The molecule has 3 rings (SSSR count). The molecule has 0 saturated carbocycles. The second-order valence-corrected chi connectivity index (χ2v) is 8.18. The molecule has 0 aliphatic carbocycles. The number of allylic oxidation sites excluding steroid dienone is 1. The first kappa shape index (κ1) is 23.5. The first-order chi connectivity index (χ1) is 15.4. The topological polar surface area (TPSA) is 88.9 Å². The van der Waals surface area contributed by atoms with Crippen molar-refractivity contribution in [2.24, 2.45) is 0 Å². The van der Waals surface area contributed by atoms with Crippen molar-refractivity contribution in [2.75, 3.05) is 16.4 Å². The Bertz CT molecular complexity index is 1150. The molecule has 0 saturated heterocycles. The molecule has 166 valence electrons. The summed E-state index contributed by atoms with van der Waals surface area (Å²) in [6, 6.07) is 11.1. The number of amides is 2. The quantitative estimate of drug-likeness (QED) is 0.353. The highest BCUT2D eigenvalue weighted by Gasteiger charge is 2.17. The molecule has 0 atom stereocenters. The van der Waals surface area contributed by atoms with Gasteiger partial charge in [-0.2, -0.15) is 0 Å². The smallest absolute Gasteiger partial charge is 0.234 e. The maximum absolute atomic E-state index is 13.8. The summed E-state index contributed by atoms with van der Waals surface area (Å²) in [6.07, 6.45) is 1.54. The molecule has 0 radical (unpaired) electrons. The van der Waals surface area contributed by atoms with Crippen LogP contribution in [-0.2, 0) is 22.6 Å². The monoisotopic (exact) mass is 473 g/mol. The number of carbonyl (C=O) groups is 2. The fourth-order valence-electron chi connectivity index (χ4n) is 2.85. The summed E-state index contributed by atoms with van der Waals surface area (Å²) >= 11 is 7.13. The molecular weight excluding hydrogens is 453 g/mol. The molecule has 2 aromatic carbocycles. The first-order valence-electron chi connectivity index (χ1n) is 9.63. The van der Waals surface area contributed by atoms with Gasteiger partial charge in [0.1, 0.15) is 11.6 Å². The van der Waals surface area contributed by atoms with Crippen molar-refractivity contribution in [3.8, 4) is 0 Å². The lowest BCUT2D eigenvalue weighted by Gasteiger charge is -2.10. The third-order valence-electron chi connectivity index (χ3n) is 4.37. The molecule has 1 aromatic heterocycles. The minimum atomic E-state index is -0.522. The minimum Gasteiger partial charge on any atom is -0.325 e. The van der Waals surface area contributed by atoms with Crippen LogP contribution in [-0.4, -0.2) is 32.3 Å². The molecule has 0 bridgehead atoms. The fourth-order valence-corrected chi connectivity index (χ4v) is 3.85. The van der Waals surface area contributed by atoms with Crippen molar-refractivity contribution in [3.63, 3.8) is 0 Å². The van der Waals surface area contributed by atoms with Crippen LogP contribution >= 0.6 is 23.4 Å². The number of carbonyl (C=O) groups excluding carboxylic acids is 2. The molecule has 0 spiro atoms.